The molecule has 0 aromatic heterocycles. The van der Waals surface area contributed by atoms with Gasteiger partial charge in [-0.3, -0.25) is 10.1 Å². The first-order chi connectivity index (χ1) is 13.4. The molecule has 3 rings (SSSR count). The molecule has 0 saturated carbocycles. The van der Waals surface area contributed by atoms with Gasteiger partial charge in [-0.1, -0.05) is 54.6 Å². The van der Waals surface area contributed by atoms with E-state index in [1.54, 1.807) is 54.6 Å². The van der Waals surface area contributed by atoms with Gasteiger partial charge in [0.2, 0.25) is 0 Å². The summed E-state index contributed by atoms with van der Waals surface area (Å²) in [6, 6.07) is 20.3. The highest BCUT2D eigenvalue weighted by molar-refractivity contribution is 7.80. The first-order valence-corrected chi connectivity index (χ1v) is 8.70. The largest absolute Gasteiger partial charge is 0.417 e. The van der Waals surface area contributed by atoms with Crippen molar-refractivity contribution >= 4 is 28.9 Å². The van der Waals surface area contributed by atoms with E-state index < -0.39 is 17.6 Å². The molecule has 2 N–H and O–H groups in total. The maximum Gasteiger partial charge on any atom is 0.417 e. The van der Waals surface area contributed by atoms with E-state index in [9.17, 15) is 18.0 Å². The molecule has 0 atom stereocenters. The van der Waals surface area contributed by atoms with E-state index in [4.69, 9.17) is 12.2 Å². The van der Waals surface area contributed by atoms with Crippen molar-refractivity contribution in [3.05, 3.63) is 90.0 Å². The minimum absolute atomic E-state index is 0.00853. The number of carbonyl (C=O) groups is 1. The van der Waals surface area contributed by atoms with E-state index in [2.05, 4.69) is 10.6 Å². The zero-order chi connectivity index (χ0) is 20.1. The van der Waals surface area contributed by atoms with Gasteiger partial charge in [-0.05, 0) is 42.0 Å². The standard InChI is InChI=1S/C21H15F3N2OS/c22-21(23,24)17-12-6-4-10-15(17)16-11-5-7-13-18(16)25-20(28)26-19(27)14-8-2-1-3-9-14/h1-13H,(H2,25,26,27,28). The van der Waals surface area contributed by atoms with Crippen molar-refractivity contribution in [3.63, 3.8) is 0 Å². The lowest BCUT2D eigenvalue weighted by atomic mass is 9.98. The van der Waals surface area contributed by atoms with Crippen LogP contribution in [0.5, 0.6) is 0 Å². The van der Waals surface area contributed by atoms with Gasteiger partial charge in [0, 0.05) is 16.8 Å². The van der Waals surface area contributed by atoms with Gasteiger partial charge in [-0.25, -0.2) is 0 Å². The number of rotatable bonds is 3. The predicted octanol–water partition coefficient (Wildman–Crippen LogP) is 5.50. The molecule has 0 unspecified atom stereocenters. The number of thiocarbonyl (C=S) groups is 1. The Labute approximate surface area is 165 Å². The molecule has 3 aromatic rings. The van der Waals surface area contributed by atoms with Crippen molar-refractivity contribution in [1.82, 2.24) is 5.32 Å². The van der Waals surface area contributed by atoms with Gasteiger partial charge in [-0.15, -0.1) is 0 Å². The van der Waals surface area contributed by atoms with Crippen LogP contribution in [-0.4, -0.2) is 11.0 Å². The van der Waals surface area contributed by atoms with Gasteiger partial charge < -0.3 is 5.32 Å². The minimum Gasteiger partial charge on any atom is -0.332 e. The van der Waals surface area contributed by atoms with Crippen LogP contribution >= 0.6 is 12.2 Å². The molecule has 3 aromatic carbocycles. The Morgan fingerprint density at radius 3 is 2.04 bits per heavy atom. The zero-order valence-corrected chi connectivity index (χ0v) is 15.3. The number of carbonyl (C=O) groups excluding carboxylic acids is 1. The second-order valence-corrected chi connectivity index (χ2v) is 6.27. The number of amides is 1. The highest BCUT2D eigenvalue weighted by Crippen LogP contribution is 2.39. The first kappa shape index (κ1) is 19.6. The molecule has 0 bridgehead atoms. The van der Waals surface area contributed by atoms with Crippen molar-refractivity contribution in [2.75, 3.05) is 5.32 Å². The number of nitrogens with one attached hydrogen (secondary N) is 2. The molecule has 0 saturated heterocycles. The average Bonchev–Trinajstić information content (AvgIpc) is 2.68. The lowest BCUT2D eigenvalue weighted by Crippen LogP contribution is -2.34. The molecule has 7 heteroatoms. The molecule has 0 aliphatic rings. The third-order valence-electron chi connectivity index (χ3n) is 3.96. The maximum absolute atomic E-state index is 13.4. The van der Waals surface area contributed by atoms with E-state index >= 15 is 0 Å². The second kappa shape index (κ2) is 8.22. The van der Waals surface area contributed by atoms with Gasteiger partial charge in [0.1, 0.15) is 0 Å². The SMILES string of the molecule is O=C(NC(=S)Nc1ccccc1-c1ccccc1C(F)(F)F)c1ccccc1. The summed E-state index contributed by atoms with van der Waals surface area (Å²) in [6.07, 6.45) is -4.49. The Balaban J connectivity index is 1.86. The number of para-hydroxylation sites is 1. The Morgan fingerprint density at radius 1 is 0.786 bits per heavy atom. The van der Waals surface area contributed by atoms with Crippen LogP contribution in [0.15, 0.2) is 78.9 Å². The van der Waals surface area contributed by atoms with Gasteiger partial charge in [0.15, 0.2) is 5.11 Å². The molecule has 0 spiro atoms. The Kier molecular flexibility index (Phi) is 5.75. The molecule has 0 aliphatic heterocycles. The Bertz CT molecular complexity index is 1000. The highest BCUT2D eigenvalue weighted by Gasteiger charge is 2.33. The monoisotopic (exact) mass is 400 g/mol. The molecule has 0 aliphatic carbocycles. The average molecular weight is 400 g/mol. The molecule has 28 heavy (non-hydrogen) atoms. The molecular weight excluding hydrogens is 385 g/mol. The summed E-state index contributed by atoms with van der Waals surface area (Å²) in [5.41, 5.74) is 0.380. The third-order valence-corrected chi connectivity index (χ3v) is 4.17. The molecular formula is C21H15F3N2OS. The van der Waals surface area contributed by atoms with E-state index in [1.807, 2.05) is 0 Å². The number of anilines is 1. The van der Waals surface area contributed by atoms with Crippen LogP contribution in [-0.2, 0) is 6.18 Å². The quantitative estimate of drug-likeness (QED) is 0.571. The van der Waals surface area contributed by atoms with Crippen molar-refractivity contribution in [2.24, 2.45) is 0 Å². The number of alkyl halides is 3. The Morgan fingerprint density at radius 2 is 1.36 bits per heavy atom. The normalized spacial score (nSPS) is 11.0. The minimum atomic E-state index is -4.49. The van der Waals surface area contributed by atoms with E-state index in [1.165, 1.54) is 18.2 Å². The van der Waals surface area contributed by atoms with Crippen LogP contribution in [0.3, 0.4) is 0 Å². The lowest BCUT2D eigenvalue weighted by Gasteiger charge is -2.17. The van der Waals surface area contributed by atoms with Crippen LogP contribution in [0.1, 0.15) is 15.9 Å². The predicted molar refractivity (Wildman–Crippen MR) is 107 cm³/mol. The maximum atomic E-state index is 13.4. The van der Waals surface area contributed by atoms with Crippen molar-refractivity contribution < 1.29 is 18.0 Å². The van der Waals surface area contributed by atoms with Gasteiger partial charge in [0.05, 0.1) is 5.56 Å². The van der Waals surface area contributed by atoms with Gasteiger partial charge >= 0.3 is 6.18 Å². The Hall–Kier alpha value is -3.19. The fourth-order valence-electron chi connectivity index (χ4n) is 2.71. The topological polar surface area (TPSA) is 41.1 Å². The van der Waals surface area contributed by atoms with Gasteiger partial charge in [0.25, 0.3) is 5.91 Å². The van der Waals surface area contributed by atoms with Crippen LogP contribution in [0.25, 0.3) is 11.1 Å². The number of halogens is 3. The summed E-state index contributed by atoms with van der Waals surface area (Å²) in [6.45, 7) is 0. The highest BCUT2D eigenvalue weighted by atomic mass is 32.1. The summed E-state index contributed by atoms with van der Waals surface area (Å²) >= 11 is 5.16. The number of hydrogen-bond donors (Lipinski definition) is 2. The van der Waals surface area contributed by atoms with Crippen molar-refractivity contribution in [3.8, 4) is 11.1 Å². The molecule has 142 valence electrons. The molecule has 3 nitrogen and oxygen atoms in total. The molecule has 0 heterocycles. The van der Waals surface area contributed by atoms with Crippen molar-refractivity contribution in [2.45, 2.75) is 6.18 Å². The van der Waals surface area contributed by atoms with Gasteiger partial charge in [-0.2, -0.15) is 13.2 Å². The summed E-state index contributed by atoms with van der Waals surface area (Å²) in [5.74, 6) is -0.411. The van der Waals surface area contributed by atoms with E-state index in [-0.39, 0.29) is 10.7 Å². The van der Waals surface area contributed by atoms with E-state index in [0.29, 0.717) is 16.8 Å². The first-order valence-electron chi connectivity index (χ1n) is 8.29. The summed E-state index contributed by atoms with van der Waals surface area (Å²) in [4.78, 5) is 12.2. The summed E-state index contributed by atoms with van der Waals surface area (Å²) < 4.78 is 40.2. The lowest BCUT2D eigenvalue weighted by molar-refractivity contribution is -0.137. The number of hydrogen-bond acceptors (Lipinski definition) is 2. The fraction of sp³-hybridized carbons (Fsp3) is 0.0476. The van der Waals surface area contributed by atoms with Crippen LogP contribution in [0.2, 0.25) is 0 Å². The van der Waals surface area contributed by atoms with Crippen LogP contribution in [0.4, 0.5) is 18.9 Å². The smallest absolute Gasteiger partial charge is 0.332 e. The van der Waals surface area contributed by atoms with E-state index in [0.717, 1.165) is 6.07 Å². The number of benzene rings is 3. The molecule has 1 amide bonds. The third kappa shape index (κ3) is 4.55. The summed E-state index contributed by atoms with van der Waals surface area (Å²) in [7, 11) is 0. The van der Waals surface area contributed by atoms with Crippen LogP contribution in [0, 0.1) is 0 Å². The van der Waals surface area contributed by atoms with Crippen molar-refractivity contribution in [1.29, 1.82) is 0 Å². The van der Waals surface area contributed by atoms with Crippen LogP contribution < -0.4 is 10.6 Å². The summed E-state index contributed by atoms with van der Waals surface area (Å²) in [5, 5.41) is 5.34. The zero-order valence-electron chi connectivity index (χ0n) is 14.5. The molecule has 0 fully saturated rings. The molecule has 0 radical (unpaired) electrons. The fourth-order valence-corrected chi connectivity index (χ4v) is 2.91. The second-order valence-electron chi connectivity index (χ2n) is 5.86.